The highest BCUT2D eigenvalue weighted by Gasteiger charge is 2.19. The van der Waals surface area contributed by atoms with Gasteiger partial charge in [0.1, 0.15) is 5.01 Å². The number of fused-ring (bicyclic) bond motifs is 7. The summed E-state index contributed by atoms with van der Waals surface area (Å²) < 4.78 is 5.37. The van der Waals surface area contributed by atoms with E-state index in [0.717, 1.165) is 75.8 Å². The number of rotatable bonds is 3. The molecular weight excluding hydrogens is 597 g/mol. The van der Waals surface area contributed by atoms with Gasteiger partial charge in [-0.05, 0) is 72.8 Å². The SMILES string of the molecule is N#Cc1ccc2nc(-c3cc(-n4c5ccccc5c5ccc(C#N)cc54)cc(-n4c5ccccc5c5ccc(C#N)cc54)c3)sc2c1. The Morgan fingerprint density at radius 3 is 1.53 bits per heavy atom. The zero-order chi connectivity index (χ0) is 31.6. The quantitative estimate of drug-likeness (QED) is 0.197. The Balaban J connectivity index is 1.41. The summed E-state index contributed by atoms with van der Waals surface area (Å²) in [7, 11) is 0. The maximum atomic E-state index is 9.83. The average Bonchev–Trinajstić information content (AvgIpc) is 3.80. The molecule has 0 bridgehead atoms. The Kier molecular flexibility index (Phi) is 5.76. The monoisotopic (exact) mass is 616 g/mol. The van der Waals surface area contributed by atoms with Crippen molar-refractivity contribution in [2.75, 3.05) is 0 Å². The largest absolute Gasteiger partial charge is 0.309 e. The third-order valence-corrected chi connectivity index (χ3v) is 9.86. The smallest absolute Gasteiger partial charge is 0.124 e. The number of benzene rings is 6. The molecule has 6 nitrogen and oxygen atoms in total. The van der Waals surface area contributed by atoms with Crippen molar-refractivity contribution in [2.45, 2.75) is 0 Å². The maximum absolute atomic E-state index is 9.83. The molecule has 3 aromatic heterocycles. The molecule has 47 heavy (non-hydrogen) atoms. The van der Waals surface area contributed by atoms with Gasteiger partial charge in [0.25, 0.3) is 0 Å². The van der Waals surface area contributed by atoms with Crippen molar-refractivity contribution in [3.63, 3.8) is 0 Å². The van der Waals surface area contributed by atoms with Crippen molar-refractivity contribution in [1.29, 1.82) is 15.8 Å². The normalized spacial score (nSPS) is 11.3. The van der Waals surface area contributed by atoms with Crippen LogP contribution in [-0.4, -0.2) is 14.1 Å². The summed E-state index contributed by atoms with van der Waals surface area (Å²) in [5.41, 5.74) is 9.28. The number of thiazole rings is 1. The van der Waals surface area contributed by atoms with E-state index in [1.165, 1.54) is 0 Å². The molecule has 6 aromatic carbocycles. The molecule has 0 aliphatic heterocycles. The van der Waals surface area contributed by atoms with Crippen LogP contribution in [0.1, 0.15) is 16.7 Å². The van der Waals surface area contributed by atoms with E-state index in [1.807, 2.05) is 72.8 Å². The minimum atomic E-state index is 0.587. The van der Waals surface area contributed by atoms with Gasteiger partial charge in [-0.2, -0.15) is 15.8 Å². The van der Waals surface area contributed by atoms with Crippen molar-refractivity contribution in [3.05, 3.63) is 138 Å². The van der Waals surface area contributed by atoms with Gasteiger partial charge in [-0.25, -0.2) is 4.98 Å². The second-order valence-corrected chi connectivity index (χ2v) is 12.5. The van der Waals surface area contributed by atoms with Gasteiger partial charge in [-0.3, -0.25) is 0 Å². The third kappa shape index (κ3) is 4.04. The van der Waals surface area contributed by atoms with Crippen LogP contribution in [0.15, 0.2) is 121 Å². The summed E-state index contributed by atoms with van der Waals surface area (Å²) in [6, 6.07) is 47.1. The summed E-state index contributed by atoms with van der Waals surface area (Å²) in [5, 5.41) is 34.3. The molecule has 0 saturated heterocycles. The molecule has 0 fully saturated rings. The van der Waals surface area contributed by atoms with E-state index in [1.54, 1.807) is 17.4 Å². The second-order valence-electron chi connectivity index (χ2n) is 11.4. The van der Waals surface area contributed by atoms with Gasteiger partial charge in [0.2, 0.25) is 0 Å². The minimum absolute atomic E-state index is 0.587. The van der Waals surface area contributed by atoms with Gasteiger partial charge in [0.15, 0.2) is 0 Å². The van der Waals surface area contributed by atoms with Crippen LogP contribution < -0.4 is 0 Å². The van der Waals surface area contributed by atoms with Gasteiger partial charge in [-0.15, -0.1) is 11.3 Å². The lowest BCUT2D eigenvalue weighted by Crippen LogP contribution is -2.00. The Morgan fingerprint density at radius 2 is 0.979 bits per heavy atom. The molecule has 0 atom stereocenters. The first-order valence-corrected chi connectivity index (χ1v) is 15.8. The van der Waals surface area contributed by atoms with Gasteiger partial charge >= 0.3 is 0 Å². The molecule has 7 heteroatoms. The van der Waals surface area contributed by atoms with Crippen LogP contribution in [0.2, 0.25) is 0 Å². The lowest BCUT2D eigenvalue weighted by Gasteiger charge is -2.15. The predicted octanol–water partition coefficient (Wildman–Crippen LogP) is 9.77. The van der Waals surface area contributed by atoms with Crippen molar-refractivity contribution in [3.8, 4) is 40.2 Å². The molecule has 0 aliphatic rings. The van der Waals surface area contributed by atoms with E-state index >= 15 is 0 Å². The molecule has 0 unspecified atom stereocenters. The molecule has 216 valence electrons. The molecule has 0 N–H and O–H groups in total. The fourth-order valence-corrected chi connectivity index (χ4v) is 7.72. The van der Waals surface area contributed by atoms with Crippen LogP contribution in [0.25, 0.3) is 75.8 Å². The van der Waals surface area contributed by atoms with Gasteiger partial charge < -0.3 is 9.13 Å². The Bertz CT molecular complexity index is 2750. The third-order valence-electron chi connectivity index (χ3n) is 8.79. The minimum Gasteiger partial charge on any atom is -0.309 e. The van der Waals surface area contributed by atoms with Crippen molar-refractivity contribution in [1.82, 2.24) is 14.1 Å². The fraction of sp³-hybridized carbons (Fsp3) is 0. The lowest BCUT2D eigenvalue weighted by atomic mass is 10.1. The summed E-state index contributed by atoms with van der Waals surface area (Å²) in [5.74, 6) is 0. The molecule has 9 aromatic rings. The number of nitriles is 3. The molecular formula is C40H20N6S. The topological polar surface area (TPSA) is 94.1 Å². The van der Waals surface area contributed by atoms with Gasteiger partial charge in [0, 0.05) is 38.5 Å². The first-order chi connectivity index (χ1) is 23.1. The van der Waals surface area contributed by atoms with Crippen molar-refractivity contribution < 1.29 is 0 Å². The highest BCUT2D eigenvalue weighted by atomic mass is 32.1. The van der Waals surface area contributed by atoms with E-state index in [9.17, 15) is 15.8 Å². The van der Waals surface area contributed by atoms with Gasteiger partial charge in [0.05, 0.1) is 67.2 Å². The molecule has 9 rings (SSSR count). The van der Waals surface area contributed by atoms with E-state index in [2.05, 4.69) is 69.8 Å². The van der Waals surface area contributed by atoms with Crippen molar-refractivity contribution >= 4 is 65.2 Å². The van der Waals surface area contributed by atoms with E-state index in [0.29, 0.717) is 16.7 Å². The molecule has 0 spiro atoms. The molecule has 0 saturated carbocycles. The molecule has 0 aliphatic carbocycles. The predicted molar refractivity (Wildman–Crippen MR) is 188 cm³/mol. The Morgan fingerprint density at radius 1 is 0.489 bits per heavy atom. The molecule has 0 radical (unpaired) electrons. The maximum Gasteiger partial charge on any atom is 0.124 e. The van der Waals surface area contributed by atoms with E-state index < -0.39 is 0 Å². The average molecular weight is 617 g/mol. The summed E-state index contributed by atoms with van der Waals surface area (Å²) >= 11 is 1.55. The summed E-state index contributed by atoms with van der Waals surface area (Å²) in [6.07, 6.45) is 0. The van der Waals surface area contributed by atoms with Crippen LogP contribution in [0, 0.1) is 34.0 Å². The van der Waals surface area contributed by atoms with Crippen LogP contribution >= 0.6 is 11.3 Å². The van der Waals surface area contributed by atoms with Crippen molar-refractivity contribution in [2.24, 2.45) is 0 Å². The zero-order valence-electron chi connectivity index (χ0n) is 24.6. The fourth-order valence-electron chi connectivity index (χ4n) is 6.73. The first kappa shape index (κ1) is 26.7. The summed E-state index contributed by atoms with van der Waals surface area (Å²) in [6.45, 7) is 0. The molecule has 3 heterocycles. The number of nitrogens with zero attached hydrogens (tertiary/aromatic N) is 6. The second kappa shape index (κ2) is 10.2. The number of hydrogen-bond donors (Lipinski definition) is 0. The first-order valence-electron chi connectivity index (χ1n) is 15.0. The number of aromatic nitrogens is 3. The van der Waals surface area contributed by atoms with Crippen LogP contribution in [0.4, 0.5) is 0 Å². The Labute approximate surface area is 272 Å². The highest BCUT2D eigenvalue weighted by Crippen LogP contribution is 2.39. The van der Waals surface area contributed by atoms with Crippen LogP contribution in [-0.2, 0) is 0 Å². The lowest BCUT2D eigenvalue weighted by molar-refractivity contribution is 1.13. The van der Waals surface area contributed by atoms with Crippen LogP contribution in [0.5, 0.6) is 0 Å². The number of hydrogen-bond acceptors (Lipinski definition) is 5. The van der Waals surface area contributed by atoms with Gasteiger partial charge in [-0.1, -0.05) is 48.5 Å². The highest BCUT2D eigenvalue weighted by molar-refractivity contribution is 7.21. The molecule has 0 amide bonds. The van der Waals surface area contributed by atoms with E-state index in [4.69, 9.17) is 4.98 Å². The zero-order valence-corrected chi connectivity index (χ0v) is 25.5. The number of para-hydroxylation sites is 2. The van der Waals surface area contributed by atoms with Crippen LogP contribution in [0.3, 0.4) is 0 Å². The summed E-state index contributed by atoms with van der Waals surface area (Å²) in [4.78, 5) is 5.01. The Hall–Kier alpha value is -6.72. The standard InChI is InChI=1S/C40H20N6S/c41-21-24-9-12-32-30-5-1-3-7-35(30)45(37(32)15-24)28-18-27(40-44-34-14-11-26(23-43)17-39(34)47-40)19-29(20-28)46-36-8-4-2-6-31(36)33-13-10-25(22-42)16-38(33)46/h1-20H. The van der Waals surface area contributed by atoms with E-state index in [-0.39, 0.29) is 0 Å².